The van der Waals surface area contributed by atoms with Crippen LogP contribution in [0.1, 0.15) is 97.5 Å². The molecule has 0 radical (unpaired) electrons. The van der Waals surface area contributed by atoms with Gasteiger partial charge in [-0.3, -0.25) is 0 Å². The third-order valence-electron chi connectivity index (χ3n) is 12.3. The zero-order valence-electron chi connectivity index (χ0n) is 31.7. The van der Waals surface area contributed by atoms with E-state index in [9.17, 15) is 0 Å². The molecule has 8 nitrogen and oxygen atoms in total. The van der Waals surface area contributed by atoms with E-state index in [2.05, 4.69) is 134 Å². The van der Waals surface area contributed by atoms with Crippen LogP contribution in [-0.4, -0.2) is 29.3 Å². The molecule has 1 atom stereocenters. The number of nitrogens with zero attached hydrogens (tertiary/aromatic N) is 8. The van der Waals surface area contributed by atoms with Crippen molar-refractivity contribution in [2.45, 2.75) is 117 Å². The summed E-state index contributed by atoms with van der Waals surface area (Å²) in [4.78, 5) is 15.4. The van der Waals surface area contributed by atoms with Gasteiger partial charge in [-0.1, -0.05) is 60.1 Å². The van der Waals surface area contributed by atoms with E-state index in [1.165, 1.54) is 51.3 Å². The number of fused-ring (bicyclic) bond motifs is 13. The fourth-order valence-electron chi connectivity index (χ4n) is 9.40. The first-order valence-corrected chi connectivity index (χ1v) is 19.4. The number of rotatable bonds is 6. The van der Waals surface area contributed by atoms with E-state index in [0.717, 1.165) is 66.4 Å². The summed E-state index contributed by atoms with van der Waals surface area (Å²) < 4.78 is 9.80. The summed E-state index contributed by atoms with van der Waals surface area (Å²) in [5.74, 6) is 1.78. The predicted molar refractivity (Wildman–Crippen MR) is 207 cm³/mol. The van der Waals surface area contributed by atoms with Gasteiger partial charge < -0.3 is 4.57 Å². The fourth-order valence-corrected chi connectivity index (χ4v) is 9.40. The topological polar surface area (TPSA) is 69.2 Å². The zero-order chi connectivity index (χ0) is 36.0. The van der Waals surface area contributed by atoms with Gasteiger partial charge >= 0.3 is 5.65 Å². The summed E-state index contributed by atoms with van der Waals surface area (Å²) in [7, 11) is 0. The highest BCUT2D eigenvalue weighted by molar-refractivity contribution is 6.10. The van der Waals surface area contributed by atoms with Gasteiger partial charge in [0.05, 0.1) is 6.20 Å². The van der Waals surface area contributed by atoms with Crippen molar-refractivity contribution >= 4 is 33.0 Å². The van der Waals surface area contributed by atoms with E-state index >= 15 is 0 Å². The van der Waals surface area contributed by atoms with Crippen molar-refractivity contribution in [3.05, 3.63) is 96.2 Å². The molecule has 2 aliphatic rings. The zero-order valence-corrected chi connectivity index (χ0v) is 31.7. The summed E-state index contributed by atoms with van der Waals surface area (Å²) in [6.45, 7) is 17.5. The highest BCUT2D eigenvalue weighted by Crippen LogP contribution is 2.50. The van der Waals surface area contributed by atoms with E-state index in [4.69, 9.17) is 20.1 Å². The first-order chi connectivity index (χ1) is 25.2. The van der Waals surface area contributed by atoms with E-state index in [-0.39, 0.29) is 11.0 Å². The molecular formula is C44H50N8+2. The van der Waals surface area contributed by atoms with Gasteiger partial charge in [0.15, 0.2) is 28.8 Å². The van der Waals surface area contributed by atoms with Crippen LogP contribution in [0.25, 0.3) is 55.7 Å². The Morgan fingerprint density at radius 2 is 1.69 bits per heavy atom. The van der Waals surface area contributed by atoms with E-state index < -0.39 is 5.54 Å². The van der Waals surface area contributed by atoms with Gasteiger partial charge in [0.2, 0.25) is 5.82 Å². The first-order valence-electron chi connectivity index (χ1n) is 19.4. The lowest BCUT2D eigenvalue weighted by molar-refractivity contribution is -0.760. The quantitative estimate of drug-likeness (QED) is 0.164. The third kappa shape index (κ3) is 4.58. The number of benzene rings is 2. The van der Waals surface area contributed by atoms with Gasteiger partial charge in [-0.05, 0) is 72.3 Å². The maximum absolute atomic E-state index is 5.59. The lowest BCUT2D eigenvalue weighted by Gasteiger charge is -2.41. The monoisotopic (exact) mass is 690 g/mol. The van der Waals surface area contributed by atoms with Crippen LogP contribution in [0.4, 0.5) is 0 Å². The molecule has 0 aliphatic carbocycles. The Morgan fingerprint density at radius 3 is 2.46 bits per heavy atom. The van der Waals surface area contributed by atoms with E-state index in [1.54, 1.807) is 0 Å². The lowest BCUT2D eigenvalue weighted by atomic mass is 9.71. The molecule has 0 fully saturated rings. The van der Waals surface area contributed by atoms with Crippen LogP contribution in [0.15, 0.2) is 79.3 Å². The molecule has 1 unspecified atom stereocenters. The summed E-state index contributed by atoms with van der Waals surface area (Å²) in [6, 6.07) is 22.8. The van der Waals surface area contributed by atoms with Crippen LogP contribution in [0.3, 0.4) is 0 Å². The van der Waals surface area contributed by atoms with E-state index in [1.807, 2.05) is 12.3 Å². The molecule has 2 aromatic carbocycles. The molecule has 0 amide bonds. The van der Waals surface area contributed by atoms with Crippen LogP contribution in [0.2, 0.25) is 0 Å². The van der Waals surface area contributed by atoms with Crippen LogP contribution < -0.4 is 9.13 Å². The van der Waals surface area contributed by atoms with Gasteiger partial charge in [0, 0.05) is 70.7 Å². The Morgan fingerprint density at radius 1 is 0.865 bits per heavy atom. The van der Waals surface area contributed by atoms with E-state index in [0.29, 0.717) is 6.54 Å². The minimum absolute atomic E-state index is 0.187. The average Bonchev–Trinajstić information content (AvgIpc) is 3.73. The highest BCUT2D eigenvalue weighted by atomic mass is 15.4. The maximum atomic E-state index is 5.59. The van der Waals surface area contributed by atoms with Crippen molar-refractivity contribution in [2.24, 2.45) is 0 Å². The molecule has 1 spiro atoms. The third-order valence-corrected chi connectivity index (χ3v) is 12.3. The van der Waals surface area contributed by atoms with Gasteiger partial charge in [-0.15, -0.1) is 0 Å². The SMILES string of the molecule is CCCCc1ccc2c3cc4c(cc3n(CC)c2c1)-c1cnc2cccnc2[n+]1CC41CC(CC)(CC)[n+]2ccccc2-c2nc(C(C)(C)C)nn21. The molecule has 7 aromatic rings. The number of aromatic nitrogens is 8. The van der Waals surface area contributed by atoms with Crippen LogP contribution in [0.5, 0.6) is 0 Å². The number of pyridine rings is 2. The van der Waals surface area contributed by atoms with Gasteiger partial charge in [0.25, 0.3) is 5.69 Å². The van der Waals surface area contributed by atoms with Gasteiger partial charge in [0.1, 0.15) is 18.3 Å². The van der Waals surface area contributed by atoms with Crippen molar-refractivity contribution in [1.29, 1.82) is 0 Å². The first kappa shape index (κ1) is 32.9. The van der Waals surface area contributed by atoms with Crippen molar-refractivity contribution in [3.63, 3.8) is 0 Å². The van der Waals surface area contributed by atoms with Crippen LogP contribution in [-0.2, 0) is 36.0 Å². The molecule has 264 valence electrons. The molecule has 52 heavy (non-hydrogen) atoms. The fraction of sp³-hybridized carbons (Fsp3) is 0.409. The normalized spacial score (nSPS) is 17.7. The van der Waals surface area contributed by atoms with Gasteiger partial charge in [-0.2, -0.15) is 9.67 Å². The Kier molecular flexibility index (Phi) is 7.45. The molecular weight excluding hydrogens is 641 g/mol. The average molecular weight is 691 g/mol. The minimum Gasteiger partial charge on any atom is -0.341 e. The van der Waals surface area contributed by atoms with Crippen LogP contribution >= 0.6 is 0 Å². The standard InChI is InChI=1S/C44H50N8/c1-8-12-16-29-19-20-30-31-24-33-32(25-37(31)49(11-4)36(30)23-29)38-26-46-34-17-15-21-45-39(34)50(38)28-44(33)27-43(9-2,10-3)51-22-14-13-18-35(51)40-47-41(42(5,6)7)48-52(40)44/h13-15,17-26H,8-12,16,27-28H2,1-7H3/q+2. The molecule has 0 bridgehead atoms. The summed E-state index contributed by atoms with van der Waals surface area (Å²) in [5.41, 5.74) is 9.45. The van der Waals surface area contributed by atoms with Crippen molar-refractivity contribution in [1.82, 2.24) is 29.3 Å². The molecule has 2 aliphatic heterocycles. The minimum atomic E-state index is -0.585. The lowest BCUT2D eigenvalue weighted by Crippen LogP contribution is -2.62. The second kappa shape index (κ2) is 11.8. The maximum Gasteiger partial charge on any atom is 0.349 e. The highest BCUT2D eigenvalue weighted by Gasteiger charge is 2.57. The number of hydrogen-bond acceptors (Lipinski definition) is 4. The molecule has 0 saturated heterocycles. The molecule has 0 saturated carbocycles. The Labute approximate surface area is 306 Å². The predicted octanol–water partition coefficient (Wildman–Crippen LogP) is 8.57. The molecule has 0 N–H and O–H groups in total. The smallest absolute Gasteiger partial charge is 0.341 e. The van der Waals surface area contributed by atoms with Crippen molar-refractivity contribution < 1.29 is 9.13 Å². The number of hydrogen-bond donors (Lipinski definition) is 0. The second-order valence-electron chi connectivity index (χ2n) is 16.2. The Hall–Kier alpha value is -4.98. The molecule has 5 aromatic heterocycles. The largest absolute Gasteiger partial charge is 0.349 e. The molecule has 9 rings (SSSR count). The number of aryl methyl sites for hydroxylation is 2. The molecule has 8 heteroatoms. The summed E-state index contributed by atoms with van der Waals surface area (Å²) in [6.07, 6.45) is 12.5. The summed E-state index contributed by atoms with van der Waals surface area (Å²) >= 11 is 0. The summed E-state index contributed by atoms with van der Waals surface area (Å²) in [5, 5.41) is 8.19. The Balaban J connectivity index is 1.45. The Bertz CT molecular complexity index is 2530. The van der Waals surface area contributed by atoms with Gasteiger partial charge in [-0.25, -0.2) is 19.2 Å². The molecule has 7 heterocycles. The van der Waals surface area contributed by atoms with Crippen LogP contribution in [0, 0.1) is 0 Å². The van der Waals surface area contributed by atoms with Crippen molar-refractivity contribution in [2.75, 3.05) is 0 Å². The van der Waals surface area contributed by atoms with Crippen molar-refractivity contribution in [3.8, 4) is 22.8 Å². The second-order valence-corrected chi connectivity index (χ2v) is 16.2. The number of unbranched alkanes of at least 4 members (excludes halogenated alkanes) is 1.